The van der Waals surface area contributed by atoms with E-state index in [0.29, 0.717) is 30.5 Å². The van der Waals surface area contributed by atoms with Crippen LogP contribution in [0.4, 0.5) is 22.4 Å². The predicted octanol–water partition coefficient (Wildman–Crippen LogP) is 5.52. The number of oxazole rings is 1. The number of benzene rings is 2. The Balaban J connectivity index is 1.37. The third kappa shape index (κ3) is 6.17. The van der Waals surface area contributed by atoms with E-state index in [2.05, 4.69) is 15.0 Å². The molecule has 2 N–H and O–H groups in total. The molecule has 2 aromatic heterocycles. The van der Waals surface area contributed by atoms with Crippen LogP contribution >= 0.6 is 0 Å². The Morgan fingerprint density at radius 3 is 2.53 bits per heavy atom. The number of hydrogen-bond donors (Lipinski definition) is 2. The van der Waals surface area contributed by atoms with Crippen molar-refractivity contribution in [2.75, 3.05) is 6.54 Å². The number of pyridine rings is 1. The van der Waals surface area contributed by atoms with Gasteiger partial charge in [0.05, 0.1) is 11.8 Å². The molecule has 0 fully saturated rings. The zero-order valence-corrected chi connectivity index (χ0v) is 18.7. The van der Waals surface area contributed by atoms with Gasteiger partial charge in [-0.1, -0.05) is 18.2 Å². The second-order valence-electron chi connectivity index (χ2n) is 7.73. The van der Waals surface area contributed by atoms with Crippen molar-refractivity contribution in [2.24, 2.45) is 0 Å². The molecule has 186 valence electrons. The zero-order chi connectivity index (χ0) is 25.7. The molecule has 4 aromatic rings. The van der Waals surface area contributed by atoms with Crippen LogP contribution in [-0.4, -0.2) is 28.5 Å². The molecule has 0 aliphatic heterocycles. The predicted molar refractivity (Wildman–Crippen MR) is 121 cm³/mol. The van der Waals surface area contributed by atoms with Crippen LogP contribution in [0.1, 0.15) is 12.0 Å². The highest BCUT2D eigenvalue weighted by Crippen LogP contribution is 2.26. The first-order valence-corrected chi connectivity index (χ1v) is 10.8. The van der Waals surface area contributed by atoms with Crippen LogP contribution in [0.5, 0.6) is 5.75 Å². The Hall–Kier alpha value is -4.41. The lowest BCUT2D eigenvalue weighted by Crippen LogP contribution is -2.36. The number of carbonyl (C=O) groups excluding carboxylic acids is 1. The van der Waals surface area contributed by atoms with E-state index < -0.39 is 18.2 Å². The summed E-state index contributed by atoms with van der Waals surface area (Å²) in [5, 5.41) is 10.8. The number of rotatable bonds is 7. The molecule has 2 aromatic carbocycles. The lowest BCUT2D eigenvalue weighted by Gasteiger charge is -2.12. The van der Waals surface area contributed by atoms with Crippen LogP contribution in [0.2, 0.25) is 0 Å². The van der Waals surface area contributed by atoms with Crippen molar-refractivity contribution in [1.29, 1.82) is 5.41 Å². The summed E-state index contributed by atoms with van der Waals surface area (Å²) in [6, 6.07) is 12.3. The van der Waals surface area contributed by atoms with Gasteiger partial charge >= 0.3 is 12.4 Å². The van der Waals surface area contributed by atoms with Gasteiger partial charge in [0.2, 0.25) is 5.89 Å². The van der Waals surface area contributed by atoms with Crippen molar-refractivity contribution in [3.05, 3.63) is 90.1 Å². The molecule has 4 rings (SSSR count). The standard InChI is InChI=1S/C25H20F4N4O3/c26-21-9-3-16(14-20(21)23-31-12-13-35-23)2-1-11-32-24(34)33-15-18(6-10-22(33)30)17-4-7-19(8-5-17)36-25(27,28)29/h3-10,12-15,30H,1-2,11H2,(H,32,34). The third-order valence-corrected chi connectivity index (χ3v) is 5.20. The lowest BCUT2D eigenvalue weighted by atomic mass is 10.1. The van der Waals surface area contributed by atoms with Crippen molar-refractivity contribution in [3.8, 4) is 28.3 Å². The minimum atomic E-state index is -4.79. The zero-order valence-electron chi connectivity index (χ0n) is 18.7. The molecule has 2 heterocycles. The molecule has 0 spiro atoms. The average Bonchev–Trinajstić information content (AvgIpc) is 3.37. The van der Waals surface area contributed by atoms with Crippen LogP contribution < -0.4 is 15.5 Å². The van der Waals surface area contributed by atoms with Crippen molar-refractivity contribution in [3.63, 3.8) is 0 Å². The van der Waals surface area contributed by atoms with Gasteiger partial charge in [-0.25, -0.2) is 14.2 Å². The van der Waals surface area contributed by atoms with E-state index in [1.807, 2.05) is 0 Å². The molecule has 0 bridgehead atoms. The largest absolute Gasteiger partial charge is 0.573 e. The molecular weight excluding hydrogens is 480 g/mol. The quantitative estimate of drug-likeness (QED) is 0.258. The molecule has 1 amide bonds. The summed E-state index contributed by atoms with van der Waals surface area (Å²) in [4.78, 5) is 16.6. The van der Waals surface area contributed by atoms with Gasteiger partial charge in [0.25, 0.3) is 0 Å². The SMILES string of the molecule is N=c1ccc(-c2ccc(OC(F)(F)F)cc2)cn1C(=O)NCCCc1ccc(F)c(-c2ncco2)c1. The monoisotopic (exact) mass is 500 g/mol. The first-order chi connectivity index (χ1) is 17.2. The maximum Gasteiger partial charge on any atom is 0.573 e. The molecule has 0 saturated carbocycles. The smallest absolute Gasteiger partial charge is 0.444 e. The molecule has 0 saturated heterocycles. The van der Waals surface area contributed by atoms with Gasteiger partial charge in [-0.15, -0.1) is 13.2 Å². The van der Waals surface area contributed by atoms with Crippen LogP contribution in [0.3, 0.4) is 0 Å². The van der Waals surface area contributed by atoms with Gasteiger partial charge in [-0.05, 0) is 65.9 Å². The summed E-state index contributed by atoms with van der Waals surface area (Å²) >= 11 is 0. The number of nitrogens with zero attached hydrogens (tertiary/aromatic N) is 2. The molecule has 36 heavy (non-hydrogen) atoms. The lowest BCUT2D eigenvalue weighted by molar-refractivity contribution is -0.274. The fraction of sp³-hybridized carbons (Fsp3) is 0.160. The molecule has 0 aliphatic carbocycles. The van der Waals surface area contributed by atoms with Crippen molar-refractivity contribution < 1.29 is 31.5 Å². The van der Waals surface area contributed by atoms with Crippen LogP contribution in [0.25, 0.3) is 22.6 Å². The second-order valence-corrected chi connectivity index (χ2v) is 7.73. The summed E-state index contributed by atoms with van der Waals surface area (Å²) in [6.07, 6.45) is 0.546. The number of alkyl halides is 3. The van der Waals surface area contributed by atoms with Gasteiger partial charge in [0, 0.05) is 12.7 Å². The van der Waals surface area contributed by atoms with Crippen molar-refractivity contribution in [2.45, 2.75) is 19.2 Å². The van der Waals surface area contributed by atoms with E-state index >= 15 is 0 Å². The Kier molecular flexibility index (Phi) is 7.18. The first-order valence-electron chi connectivity index (χ1n) is 10.8. The van der Waals surface area contributed by atoms with E-state index in [1.165, 1.54) is 55.1 Å². The van der Waals surface area contributed by atoms with Crippen LogP contribution in [0.15, 0.2) is 77.7 Å². The van der Waals surface area contributed by atoms with Crippen LogP contribution in [-0.2, 0) is 6.42 Å². The number of amides is 1. The highest BCUT2D eigenvalue weighted by Gasteiger charge is 2.31. The Labute approximate surface area is 202 Å². The minimum Gasteiger partial charge on any atom is -0.444 e. The summed E-state index contributed by atoms with van der Waals surface area (Å²) < 4.78 is 61.3. The molecule has 11 heteroatoms. The topological polar surface area (TPSA) is 93.1 Å². The summed E-state index contributed by atoms with van der Waals surface area (Å²) in [7, 11) is 0. The fourth-order valence-corrected chi connectivity index (χ4v) is 3.51. The third-order valence-electron chi connectivity index (χ3n) is 5.20. The Morgan fingerprint density at radius 1 is 1.08 bits per heavy atom. The minimum absolute atomic E-state index is 0.0672. The normalized spacial score (nSPS) is 11.3. The van der Waals surface area contributed by atoms with E-state index in [4.69, 9.17) is 9.83 Å². The molecule has 0 unspecified atom stereocenters. The number of aryl methyl sites for hydroxylation is 1. The van der Waals surface area contributed by atoms with Crippen LogP contribution in [0, 0.1) is 11.2 Å². The van der Waals surface area contributed by atoms with Gasteiger partial charge in [0.1, 0.15) is 23.3 Å². The number of ether oxygens (including phenoxy) is 1. The van der Waals surface area contributed by atoms with Gasteiger partial charge in [-0.3, -0.25) is 9.98 Å². The Morgan fingerprint density at radius 2 is 1.83 bits per heavy atom. The van der Waals surface area contributed by atoms with E-state index in [9.17, 15) is 22.4 Å². The number of aromatic nitrogens is 2. The van der Waals surface area contributed by atoms with E-state index in [0.717, 1.165) is 10.1 Å². The second kappa shape index (κ2) is 10.5. The summed E-state index contributed by atoms with van der Waals surface area (Å²) in [5.74, 6) is -0.622. The fourth-order valence-electron chi connectivity index (χ4n) is 3.51. The maximum atomic E-state index is 14.1. The molecule has 0 atom stereocenters. The molecule has 7 nitrogen and oxygen atoms in total. The molecule has 0 aliphatic rings. The van der Waals surface area contributed by atoms with Crippen molar-refractivity contribution >= 4 is 6.03 Å². The number of nitrogens with one attached hydrogen (secondary N) is 2. The van der Waals surface area contributed by atoms with E-state index in [-0.39, 0.29) is 22.7 Å². The molecular formula is C25H20F4N4O3. The molecule has 0 radical (unpaired) electrons. The van der Waals surface area contributed by atoms with E-state index in [1.54, 1.807) is 18.2 Å². The van der Waals surface area contributed by atoms with Gasteiger partial charge < -0.3 is 14.5 Å². The summed E-state index contributed by atoms with van der Waals surface area (Å²) in [5.41, 5.74) is 2.11. The number of hydrogen-bond acceptors (Lipinski definition) is 5. The van der Waals surface area contributed by atoms with Gasteiger partial charge in [-0.2, -0.15) is 0 Å². The van der Waals surface area contributed by atoms with Gasteiger partial charge in [0.15, 0.2) is 0 Å². The number of halogens is 4. The first kappa shape index (κ1) is 24.7. The Bertz CT molecular complexity index is 1400. The summed E-state index contributed by atoms with van der Waals surface area (Å²) in [6.45, 7) is 0.296. The highest BCUT2D eigenvalue weighted by molar-refractivity contribution is 5.78. The highest BCUT2D eigenvalue weighted by atomic mass is 19.4. The number of carbonyl (C=O) groups is 1. The average molecular weight is 500 g/mol. The maximum absolute atomic E-state index is 14.1. The van der Waals surface area contributed by atoms with Crippen molar-refractivity contribution in [1.82, 2.24) is 14.9 Å².